The van der Waals surface area contributed by atoms with Crippen LogP contribution in [0.5, 0.6) is 0 Å². The predicted molar refractivity (Wildman–Crippen MR) is 46.3 cm³/mol. The molecule has 4 nitrogen and oxygen atoms in total. The summed E-state index contributed by atoms with van der Waals surface area (Å²) in [6.45, 7) is 6.64. The highest BCUT2D eigenvalue weighted by Crippen LogP contribution is 1.73. The van der Waals surface area contributed by atoms with Gasteiger partial charge < -0.3 is 4.90 Å². The molecule has 0 saturated carbocycles. The zero-order valence-electron chi connectivity index (χ0n) is 7.53. The first-order chi connectivity index (χ1) is 4.81. The summed E-state index contributed by atoms with van der Waals surface area (Å²) in [5, 5.41) is 0. The summed E-state index contributed by atoms with van der Waals surface area (Å²) in [4.78, 5) is 2.25. The molecule has 0 atom stereocenters. The molecule has 0 aliphatic carbocycles. The maximum atomic E-state index is 9.19. The lowest BCUT2D eigenvalue weighted by molar-refractivity contribution is 0.373. The van der Waals surface area contributed by atoms with Crippen LogP contribution in [-0.4, -0.2) is 44.3 Å². The van der Waals surface area contributed by atoms with Gasteiger partial charge in [-0.1, -0.05) is 13.8 Å². The third-order valence-electron chi connectivity index (χ3n) is 1.08. The van der Waals surface area contributed by atoms with Crippen LogP contribution in [0.15, 0.2) is 0 Å². The molecular weight excluding hydrogens is 166 g/mol. The second-order valence-electron chi connectivity index (χ2n) is 2.22. The smallest absolute Gasteiger partial charge is 0.261 e. The highest BCUT2D eigenvalue weighted by Gasteiger charge is 1.82. The molecule has 0 aromatic heterocycles. The van der Waals surface area contributed by atoms with Crippen molar-refractivity contribution in [1.82, 2.24) is 4.90 Å². The third-order valence-corrected chi connectivity index (χ3v) is 1.08. The molecule has 0 spiro atoms. The fraction of sp³-hybridized carbons (Fsp3) is 1.00. The molecule has 0 amide bonds. The topological polar surface area (TPSA) is 57.6 Å². The molecule has 0 unspecified atom stereocenters. The van der Waals surface area contributed by atoms with Crippen LogP contribution in [-0.2, 0) is 10.1 Å². The van der Waals surface area contributed by atoms with Crippen LogP contribution in [0.4, 0.5) is 0 Å². The van der Waals surface area contributed by atoms with Gasteiger partial charge in [0, 0.05) is 0 Å². The average Bonchev–Trinajstić information content (AvgIpc) is 1.83. The van der Waals surface area contributed by atoms with Crippen molar-refractivity contribution in [3.8, 4) is 0 Å². The molecular formula is C6H17NO3S. The van der Waals surface area contributed by atoms with Crippen molar-refractivity contribution in [2.75, 3.05) is 26.4 Å². The van der Waals surface area contributed by atoms with E-state index < -0.39 is 10.1 Å². The third kappa shape index (κ3) is 40.8. The largest absolute Gasteiger partial charge is 0.307 e. The Morgan fingerprint density at radius 3 is 1.45 bits per heavy atom. The molecule has 0 aromatic carbocycles. The summed E-state index contributed by atoms with van der Waals surface area (Å²) in [7, 11) is -1.56. The number of hydrogen-bond acceptors (Lipinski definition) is 3. The van der Waals surface area contributed by atoms with Crippen LogP contribution in [0.25, 0.3) is 0 Å². The van der Waals surface area contributed by atoms with E-state index in [2.05, 4.69) is 25.8 Å². The second-order valence-corrected chi connectivity index (χ2v) is 3.69. The minimum absolute atomic E-state index is 0.715. The standard InChI is InChI=1S/C5H13N.CH4O3S/c1-4-6(3)5-2;1-5(2,3)4/h4-5H2,1-3H3;1H3,(H,2,3,4). The zero-order valence-corrected chi connectivity index (χ0v) is 8.35. The van der Waals surface area contributed by atoms with Crippen molar-refractivity contribution in [2.24, 2.45) is 0 Å². The van der Waals surface area contributed by atoms with E-state index in [1.165, 1.54) is 0 Å². The lowest BCUT2D eigenvalue weighted by atomic mass is 10.6. The Labute approximate surface area is 69.0 Å². The van der Waals surface area contributed by atoms with Crippen molar-refractivity contribution in [3.63, 3.8) is 0 Å². The van der Waals surface area contributed by atoms with Crippen LogP contribution in [0.2, 0.25) is 0 Å². The number of hydrogen-bond donors (Lipinski definition) is 1. The normalized spacial score (nSPS) is 10.7. The number of nitrogens with zero attached hydrogens (tertiary/aromatic N) is 1. The van der Waals surface area contributed by atoms with Gasteiger partial charge in [-0.3, -0.25) is 4.55 Å². The Hall–Kier alpha value is -0.130. The van der Waals surface area contributed by atoms with E-state index in [1.807, 2.05) is 0 Å². The fourth-order valence-electron chi connectivity index (χ4n) is 0.224. The van der Waals surface area contributed by atoms with Crippen LogP contribution in [0.3, 0.4) is 0 Å². The first kappa shape index (κ1) is 13.5. The Morgan fingerprint density at radius 2 is 1.45 bits per heavy atom. The van der Waals surface area contributed by atoms with Gasteiger partial charge in [0.2, 0.25) is 0 Å². The first-order valence-electron chi connectivity index (χ1n) is 3.42. The molecule has 0 aromatic rings. The van der Waals surface area contributed by atoms with E-state index in [9.17, 15) is 8.42 Å². The summed E-state index contributed by atoms with van der Waals surface area (Å²) in [6.07, 6.45) is 0.715. The van der Waals surface area contributed by atoms with Gasteiger partial charge in [-0.05, 0) is 20.1 Å². The van der Waals surface area contributed by atoms with Crippen molar-refractivity contribution >= 4 is 10.1 Å². The van der Waals surface area contributed by atoms with Gasteiger partial charge in [-0.25, -0.2) is 0 Å². The maximum absolute atomic E-state index is 9.19. The van der Waals surface area contributed by atoms with Crippen molar-refractivity contribution < 1.29 is 13.0 Å². The van der Waals surface area contributed by atoms with Gasteiger partial charge >= 0.3 is 0 Å². The summed E-state index contributed by atoms with van der Waals surface area (Å²) in [5.41, 5.74) is 0. The first-order valence-corrected chi connectivity index (χ1v) is 5.27. The lowest BCUT2D eigenvalue weighted by Crippen LogP contribution is -2.15. The van der Waals surface area contributed by atoms with Gasteiger partial charge in [0.15, 0.2) is 0 Å². The summed E-state index contributed by atoms with van der Waals surface area (Å²) < 4.78 is 25.9. The Morgan fingerprint density at radius 1 is 1.27 bits per heavy atom. The minimum Gasteiger partial charge on any atom is -0.307 e. The summed E-state index contributed by atoms with van der Waals surface area (Å²) >= 11 is 0. The van der Waals surface area contributed by atoms with Crippen LogP contribution in [0, 0.1) is 0 Å². The fourth-order valence-corrected chi connectivity index (χ4v) is 0.224. The molecule has 0 saturated heterocycles. The van der Waals surface area contributed by atoms with Crippen LogP contribution < -0.4 is 0 Å². The van der Waals surface area contributed by atoms with E-state index in [4.69, 9.17) is 4.55 Å². The number of rotatable bonds is 2. The zero-order chi connectivity index (χ0) is 9.49. The van der Waals surface area contributed by atoms with E-state index in [-0.39, 0.29) is 0 Å². The van der Waals surface area contributed by atoms with Crippen molar-refractivity contribution in [3.05, 3.63) is 0 Å². The average molecular weight is 183 g/mol. The van der Waals surface area contributed by atoms with E-state index in [0.29, 0.717) is 6.26 Å². The Bertz CT molecular complexity index is 153. The minimum atomic E-state index is -3.67. The molecule has 0 aliphatic heterocycles. The van der Waals surface area contributed by atoms with Gasteiger partial charge in [0.1, 0.15) is 0 Å². The molecule has 70 valence electrons. The molecule has 0 radical (unpaired) electrons. The molecule has 0 fully saturated rings. The Kier molecular flexibility index (Phi) is 8.04. The molecule has 5 heteroatoms. The van der Waals surface area contributed by atoms with Crippen LogP contribution >= 0.6 is 0 Å². The van der Waals surface area contributed by atoms with Crippen molar-refractivity contribution in [1.29, 1.82) is 0 Å². The van der Waals surface area contributed by atoms with E-state index >= 15 is 0 Å². The monoisotopic (exact) mass is 183 g/mol. The summed E-state index contributed by atoms with van der Waals surface area (Å²) in [5.74, 6) is 0. The molecule has 1 N–H and O–H groups in total. The molecule has 0 rings (SSSR count). The van der Waals surface area contributed by atoms with E-state index in [1.54, 1.807) is 0 Å². The lowest BCUT2D eigenvalue weighted by Gasteiger charge is -2.07. The van der Waals surface area contributed by atoms with E-state index in [0.717, 1.165) is 13.1 Å². The molecule has 0 heterocycles. The molecule has 11 heavy (non-hydrogen) atoms. The van der Waals surface area contributed by atoms with Crippen molar-refractivity contribution in [2.45, 2.75) is 13.8 Å². The predicted octanol–water partition coefficient (Wildman–Crippen LogP) is 0.462. The van der Waals surface area contributed by atoms with Crippen LogP contribution in [0.1, 0.15) is 13.8 Å². The summed E-state index contributed by atoms with van der Waals surface area (Å²) in [6, 6.07) is 0. The van der Waals surface area contributed by atoms with Gasteiger partial charge in [-0.2, -0.15) is 8.42 Å². The SMILES string of the molecule is CCN(C)CC.CS(=O)(=O)O. The van der Waals surface area contributed by atoms with Gasteiger partial charge in [0.25, 0.3) is 10.1 Å². The molecule has 0 aliphatic rings. The molecule has 0 bridgehead atoms. The highest BCUT2D eigenvalue weighted by molar-refractivity contribution is 7.85. The Balaban J connectivity index is 0. The maximum Gasteiger partial charge on any atom is 0.261 e. The highest BCUT2D eigenvalue weighted by atomic mass is 32.2. The van der Waals surface area contributed by atoms with Gasteiger partial charge in [-0.15, -0.1) is 0 Å². The van der Waals surface area contributed by atoms with Gasteiger partial charge in [0.05, 0.1) is 6.26 Å². The quantitative estimate of drug-likeness (QED) is 0.632. The second kappa shape index (κ2) is 6.57.